The fraction of sp³-hybridized carbons (Fsp3) is 0.500. The second-order valence-electron chi connectivity index (χ2n) is 5.86. The number of hydrogen-bond donors (Lipinski definition) is 0. The van der Waals surface area contributed by atoms with Crippen LogP contribution in [0.15, 0.2) is 22.5 Å². The maximum atomic E-state index is 12.7. The van der Waals surface area contributed by atoms with Gasteiger partial charge in [0.15, 0.2) is 10.1 Å². The van der Waals surface area contributed by atoms with Gasteiger partial charge in [-0.2, -0.15) is 0 Å². The van der Waals surface area contributed by atoms with Crippen molar-refractivity contribution in [1.29, 1.82) is 0 Å². The molecule has 0 spiro atoms. The standard InChI is InChI=1S/C18H23N3O2S2/c1-3-13-5-6-14(4-2)15(11-13)16(22)12-24-18-20-19-17(25-18)21-7-9-23-10-8-21/h5-6,11H,3-4,7-10,12H2,1-2H3. The van der Waals surface area contributed by atoms with Gasteiger partial charge < -0.3 is 9.64 Å². The van der Waals surface area contributed by atoms with E-state index in [2.05, 4.69) is 41.1 Å². The van der Waals surface area contributed by atoms with Crippen molar-refractivity contribution in [3.63, 3.8) is 0 Å². The lowest BCUT2D eigenvalue weighted by Crippen LogP contribution is -2.36. The summed E-state index contributed by atoms with van der Waals surface area (Å²) in [7, 11) is 0. The molecule has 3 rings (SSSR count). The molecule has 0 amide bonds. The number of thioether (sulfide) groups is 1. The molecule has 7 heteroatoms. The molecule has 5 nitrogen and oxygen atoms in total. The van der Waals surface area contributed by atoms with E-state index in [0.29, 0.717) is 5.75 Å². The van der Waals surface area contributed by atoms with E-state index in [1.54, 1.807) is 11.3 Å². The number of Topliss-reactive ketones (excluding diaryl/α,β-unsaturated/α-hetero) is 1. The number of nitrogens with zero attached hydrogens (tertiary/aromatic N) is 3. The SMILES string of the molecule is CCc1ccc(CC)c(C(=O)CSc2nnc(N3CCOCC3)s2)c1. The third-order valence-electron chi connectivity index (χ3n) is 4.27. The minimum atomic E-state index is 0.167. The van der Waals surface area contributed by atoms with E-state index in [9.17, 15) is 4.79 Å². The van der Waals surface area contributed by atoms with Crippen molar-refractivity contribution in [3.8, 4) is 0 Å². The summed E-state index contributed by atoms with van der Waals surface area (Å²) in [6.07, 6.45) is 1.81. The predicted octanol–water partition coefficient (Wildman–Crippen LogP) is 3.47. The lowest BCUT2D eigenvalue weighted by molar-refractivity contribution is 0.102. The second kappa shape index (κ2) is 8.78. The van der Waals surface area contributed by atoms with Crippen LogP contribution in [-0.2, 0) is 17.6 Å². The number of aryl methyl sites for hydroxylation is 2. The fourth-order valence-corrected chi connectivity index (χ4v) is 4.54. The maximum Gasteiger partial charge on any atom is 0.209 e. The lowest BCUT2D eigenvalue weighted by atomic mass is 9.98. The van der Waals surface area contributed by atoms with Crippen LogP contribution in [0.2, 0.25) is 0 Å². The van der Waals surface area contributed by atoms with Gasteiger partial charge in [0.25, 0.3) is 0 Å². The molecule has 0 aliphatic carbocycles. The fourth-order valence-electron chi connectivity index (χ4n) is 2.76. The molecule has 1 aromatic heterocycles. The number of rotatable bonds is 7. The molecule has 134 valence electrons. The highest BCUT2D eigenvalue weighted by Gasteiger charge is 2.17. The third kappa shape index (κ3) is 4.59. The first kappa shape index (κ1) is 18.4. The molecule has 1 aliphatic heterocycles. The maximum absolute atomic E-state index is 12.7. The Balaban J connectivity index is 1.63. The summed E-state index contributed by atoms with van der Waals surface area (Å²) in [5.41, 5.74) is 3.18. The van der Waals surface area contributed by atoms with E-state index < -0.39 is 0 Å². The molecular weight excluding hydrogens is 354 g/mol. The van der Waals surface area contributed by atoms with Gasteiger partial charge in [-0.1, -0.05) is 49.1 Å². The van der Waals surface area contributed by atoms with Crippen LogP contribution in [0, 0.1) is 0 Å². The molecule has 0 radical (unpaired) electrons. The van der Waals surface area contributed by atoms with Gasteiger partial charge >= 0.3 is 0 Å². The number of hydrogen-bond acceptors (Lipinski definition) is 7. The van der Waals surface area contributed by atoms with Crippen LogP contribution in [0.3, 0.4) is 0 Å². The van der Waals surface area contributed by atoms with Gasteiger partial charge in [0.1, 0.15) is 0 Å². The Morgan fingerprint density at radius 3 is 2.76 bits per heavy atom. The van der Waals surface area contributed by atoms with Gasteiger partial charge in [-0.25, -0.2) is 0 Å². The van der Waals surface area contributed by atoms with E-state index in [0.717, 1.165) is 59.7 Å². The molecule has 1 aliphatic rings. The summed E-state index contributed by atoms with van der Waals surface area (Å²) in [4.78, 5) is 14.9. The number of benzene rings is 1. The number of ether oxygens (including phenoxy) is 1. The van der Waals surface area contributed by atoms with Gasteiger partial charge in [0, 0.05) is 18.7 Å². The Morgan fingerprint density at radius 2 is 2.04 bits per heavy atom. The molecule has 25 heavy (non-hydrogen) atoms. The van der Waals surface area contributed by atoms with Crippen molar-refractivity contribution in [2.24, 2.45) is 0 Å². The van der Waals surface area contributed by atoms with Crippen molar-refractivity contribution >= 4 is 34.0 Å². The van der Waals surface area contributed by atoms with Crippen LogP contribution in [-0.4, -0.2) is 48.0 Å². The summed E-state index contributed by atoms with van der Waals surface area (Å²) < 4.78 is 6.21. The van der Waals surface area contributed by atoms with Crippen molar-refractivity contribution in [2.45, 2.75) is 31.0 Å². The zero-order chi connectivity index (χ0) is 17.6. The largest absolute Gasteiger partial charge is 0.378 e. The molecule has 2 heterocycles. The van der Waals surface area contributed by atoms with E-state index in [1.165, 1.54) is 17.3 Å². The average molecular weight is 378 g/mol. The molecule has 0 unspecified atom stereocenters. The number of anilines is 1. The van der Waals surface area contributed by atoms with Crippen LogP contribution < -0.4 is 4.90 Å². The molecule has 1 aromatic carbocycles. The van der Waals surface area contributed by atoms with Gasteiger partial charge in [-0.3, -0.25) is 4.79 Å². The van der Waals surface area contributed by atoms with Crippen LogP contribution in [0.25, 0.3) is 0 Å². The monoisotopic (exact) mass is 377 g/mol. The Labute approximate surface area is 156 Å². The number of aromatic nitrogens is 2. The Morgan fingerprint density at radius 1 is 1.24 bits per heavy atom. The van der Waals surface area contributed by atoms with Crippen molar-refractivity contribution in [3.05, 3.63) is 34.9 Å². The average Bonchev–Trinajstić information content (AvgIpc) is 3.15. The van der Waals surface area contributed by atoms with Crippen LogP contribution in [0.4, 0.5) is 5.13 Å². The molecular formula is C18H23N3O2S2. The zero-order valence-corrected chi connectivity index (χ0v) is 16.3. The Hall–Kier alpha value is -1.44. The van der Waals surface area contributed by atoms with E-state index in [-0.39, 0.29) is 5.78 Å². The molecule has 2 aromatic rings. The highest BCUT2D eigenvalue weighted by atomic mass is 32.2. The lowest BCUT2D eigenvalue weighted by Gasteiger charge is -2.25. The second-order valence-corrected chi connectivity index (χ2v) is 8.04. The highest BCUT2D eigenvalue weighted by Crippen LogP contribution is 2.29. The van der Waals surface area contributed by atoms with Gasteiger partial charge in [-0.15, -0.1) is 10.2 Å². The summed E-state index contributed by atoms with van der Waals surface area (Å²) in [5.74, 6) is 0.568. The third-order valence-corrected chi connectivity index (χ3v) is 6.39. The smallest absolute Gasteiger partial charge is 0.209 e. The van der Waals surface area contributed by atoms with Crippen LogP contribution in [0.1, 0.15) is 35.3 Å². The Kier molecular flexibility index (Phi) is 6.45. The van der Waals surface area contributed by atoms with Gasteiger partial charge in [0.2, 0.25) is 5.13 Å². The molecule has 1 saturated heterocycles. The minimum absolute atomic E-state index is 0.167. The topological polar surface area (TPSA) is 55.3 Å². The predicted molar refractivity (Wildman–Crippen MR) is 103 cm³/mol. The summed E-state index contributed by atoms with van der Waals surface area (Å²) in [5, 5.41) is 9.41. The summed E-state index contributed by atoms with van der Waals surface area (Å²) >= 11 is 3.03. The normalized spacial score (nSPS) is 14.7. The first-order valence-corrected chi connectivity index (χ1v) is 10.5. The van der Waals surface area contributed by atoms with Crippen molar-refractivity contribution in [1.82, 2.24) is 10.2 Å². The number of carbonyl (C=O) groups is 1. The molecule has 0 N–H and O–H groups in total. The number of ketones is 1. The van der Waals surface area contributed by atoms with Crippen molar-refractivity contribution in [2.75, 3.05) is 37.0 Å². The summed E-state index contributed by atoms with van der Waals surface area (Å²) in [6.45, 7) is 7.36. The molecule has 1 fully saturated rings. The quantitative estimate of drug-likeness (QED) is 0.544. The van der Waals surface area contributed by atoms with Gasteiger partial charge in [-0.05, 0) is 30.0 Å². The minimum Gasteiger partial charge on any atom is -0.378 e. The molecule has 0 atom stereocenters. The first-order valence-electron chi connectivity index (χ1n) is 8.65. The zero-order valence-electron chi connectivity index (χ0n) is 14.7. The van der Waals surface area contributed by atoms with E-state index in [1.807, 2.05) is 6.07 Å². The van der Waals surface area contributed by atoms with Crippen molar-refractivity contribution < 1.29 is 9.53 Å². The van der Waals surface area contributed by atoms with E-state index >= 15 is 0 Å². The first-order chi connectivity index (χ1) is 12.2. The molecule has 0 bridgehead atoms. The number of carbonyl (C=O) groups excluding carboxylic acids is 1. The Bertz CT molecular complexity index is 727. The van der Waals surface area contributed by atoms with E-state index in [4.69, 9.17) is 4.74 Å². The summed E-state index contributed by atoms with van der Waals surface area (Å²) in [6, 6.07) is 6.24. The molecule has 0 saturated carbocycles. The highest BCUT2D eigenvalue weighted by molar-refractivity contribution is 8.01. The van der Waals surface area contributed by atoms with Crippen LogP contribution >= 0.6 is 23.1 Å². The number of morpholine rings is 1. The van der Waals surface area contributed by atoms with Gasteiger partial charge in [0.05, 0.1) is 19.0 Å². The van der Waals surface area contributed by atoms with Crippen LogP contribution in [0.5, 0.6) is 0 Å².